The number of ether oxygens (including phenoxy) is 1. The van der Waals surface area contributed by atoms with Crippen molar-refractivity contribution in [3.05, 3.63) is 0 Å². The van der Waals surface area contributed by atoms with Crippen molar-refractivity contribution in [2.75, 3.05) is 6.61 Å². The topological polar surface area (TPSA) is 38.3 Å². The fourth-order valence-electron chi connectivity index (χ4n) is 4.49. The first-order valence-electron chi connectivity index (χ1n) is 5.74. The second-order valence-electron chi connectivity index (χ2n) is 5.40. The van der Waals surface area contributed by atoms with Crippen LogP contribution in [0.2, 0.25) is 0 Å². The second kappa shape index (κ2) is 2.16. The van der Waals surface area contributed by atoms with Crippen LogP contribution in [0.5, 0.6) is 0 Å². The maximum atomic E-state index is 11.8. The van der Waals surface area contributed by atoms with E-state index in [0.29, 0.717) is 29.7 Å². The van der Waals surface area contributed by atoms with E-state index in [1.54, 1.807) is 0 Å². The standard InChI is InChI=1S/C11H15NO2/c13-10-8-6-4-11(14-5-6)3-1-2-7(12-10)9(8)11/h6-9H,1-5H2,(H,12,13). The fourth-order valence-corrected chi connectivity index (χ4v) is 4.49. The molecular weight excluding hydrogens is 178 g/mol. The van der Waals surface area contributed by atoms with Crippen molar-refractivity contribution in [1.82, 2.24) is 5.32 Å². The van der Waals surface area contributed by atoms with Gasteiger partial charge in [0.15, 0.2) is 0 Å². The van der Waals surface area contributed by atoms with Crippen molar-refractivity contribution in [2.24, 2.45) is 17.8 Å². The van der Waals surface area contributed by atoms with Gasteiger partial charge in [-0.15, -0.1) is 0 Å². The first-order chi connectivity index (χ1) is 6.80. The van der Waals surface area contributed by atoms with Gasteiger partial charge in [0.25, 0.3) is 0 Å². The van der Waals surface area contributed by atoms with E-state index in [4.69, 9.17) is 4.74 Å². The van der Waals surface area contributed by atoms with Gasteiger partial charge in [0.1, 0.15) is 0 Å². The van der Waals surface area contributed by atoms with E-state index in [-0.39, 0.29) is 5.60 Å². The molecule has 5 unspecified atom stereocenters. The van der Waals surface area contributed by atoms with Crippen LogP contribution in [0.15, 0.2) is 0 Å². The molecule has 2 saturated carbocycles. The molecule has 1 spiro atoms. The van der Waals surface area contributed by atoms with E-state index >= 15 is 0 Å². The number of hydrogen-bond donors (Lipinski definition) is 1. The first kappa shape index (κ1) is 7.69. The maximum absolute atomic E-state index is 11.8. The molecule has 2 heterocycles. The third-order valence-electron chi connectivity index (χ3n) is 4.87. The van der Waals surface area contributed by atoms with Gasteiger partial charge in [0.05, 0.1) is 18.1 Å². The van der Waals surface area contributed by atoms with Crippen LogP contribution in [0.25, 0.3) is 0 Å². The van der Waals surface area contributed by atoms with Crippen molar-refractivity contribution in [1.29, 1.82) is 0 Å². The molecule has 3 nitrogen and oxygen atoms in total. The van der Waals surface area contributed by atoms with Crippen molar-refractivity contribution in [2.45, 2.75) is 37.3 Å². The third-order valence-corrected chi connectivity index (χ3v) is 4.87. The Kier molecular flexibility index (Phi) is 1.19. The molecule has 14 heavy (non-hydrogen) atoms. The van der Waals surface area contributed by atoms with E-state index < -0.39 is 0 Å². The van der Waals surface area contributed by atoms with E-state index in [9.17, 15) is 4.79 Å². The Hall–Kier alpha value is -0.570. The summed E-state index contributed by atoms with van der Waals surface area (Å²) in [6.45, 7) is 0.835. The summed E-state index contributed by atoms with van der Waals surface area (Å²) >= 11 is 0. The molecule has 2 aliphatic carbocycles. The summed E-state index contributed by atoms with van der Waals surface area (Å²) in [5.41, 5.74) is 0.109. The smallest absolute Gasteiger partial charge is 0.224 e. The highest BCUT2D eigenvalue weighted by atomic mass is 16.5. The lowest BCUT2D eigenvalue weighted by Gasteiger charge is -2.41. The summed E-state index contributed by atoms with van der Waals surface area (Å²) in [6.07, 6.45) is 4.74. The van der Waals surface area contributed by atoms with Gasteiger partial charge >= 0.3 is 0 Å². The highest BCUT2D eigenvalue weighted by Crippen LogP contribution is 2.60. The number of rotatable bonds is 0. The SMILES string of the molecule is O=C1NC2CCCC34CC(CO3)C1C24. The van der Waals surface area contributed by atoms with Crippen LogP contribution in [0, 0.1) is 17.8 Å². The Morgan fingerprint density at radius 1 is 1.50 bits per heavy atom. The molecule has 5 atom stereocenters. The summed E-state index contributed by atoms with van der Waals surface area (Å²) in [6, 6.07) is 0.437. The monoisotopic (exact) mass is 193 g/mol. The summed E-state index contributed by atoms with van der Waals surface area (Å²) in [5.74, 6) is 1.66. The zero-order chi connectivity index (χ0) is 9.34. The van der Waals surface area contributed by atoms with Gasteiger partial charge in [-0.1, -0.05) is 0 Å². The number of nitrogens with one attached hydrogen (secondary N) is 1. The molecule has 4 fully saturated rings. The number of amides is 1. The Morgan fingerprint density at radius 3 is 3.36 bits per heavy atom. The number of fused-ring (bicyclic) bond motifs is 2. The quantitative estimate of drug-likeness (QED) is 0.614. The highest BCUT2D eigenvalue weighted by molar-refractivity contribution is 5.83. The van der Waals surface area contributed by atoms with Crippen LogP contribution in [-0.4, -0.2) is 24.2 Å². The van der Waals surface area contributed by atoms with Crippen LogP contribution in [0.4, 0.5) is 0 Å². The molecule has 1 N–H and O–H groups in total. The molecule has 1 amide bonds. The Balaban J connectivity index is 1.84. The number of hydrogen-bond acceptors (Lipinski definition) is 2. The van der Waals surface area contributed by atoms with Gasteiger partial charge in [-0.2, -0.15) is 0 Å². The number of carbonyl (C=O) groups is 1. The van der Waals surface area contributed by atoms with Gasteiger partial charge in [-0.25, -0.2) is 0 Å². The predicted molar refractivity (Wildman–Crippen MR) is 49.6 cm³/mol. The van der Waals surface area contributed by atoms with E-state index in [0.717, 1.165) is 13.0 Å². The second-order valence-corrected chi connectivity index (χ2v) is 5.40. The van der Waals surface area contributed by atoms with Crippen molar-refractivity contribution >= 4 is 5.91 Å². The van der Waals surface area contributed by atoms with E-state index in [1.165, 1.54) is 19.3 Å². The molecule has 0 aromatic rings. The minimum atomic E-state index is 0.109. The Bertz CT molecular complexity index is 316. The fraction of sp³-hybridized carbons (Fsp3) is 0.909. The van der Waals surface area contributed by atoms with Gasteiger partial charge in [0, 0.05) is 12.0 Å². The molecule has 2 saturated heterocycles. The van der Waals surface area contributed by atoms with Crippen LogP contribution in [-0.2, 0) is 9.53 Å². The summed E-state index contributed by atoms with van der Waals surface area (Å²) in [4.78, 5) is 11.8. The van der Waals surface area contributed by atoms with Crippen LogP contribution in [0.1, 0.15) is 25.7 Å². The molecule has 3 heteroatoms. The molecule has 76 valence electrons. The lowest BCUT2D eigenvalue weighted by Crippen LogP contribution is -2.48. The minimum Gasteiger partial charge on any atom is -0.374 e. The first-order valence-corrected chi connectivity index (χ1v) is 5.74. The van der Waals surface area contributed by atoms with Crippen molar-refractivity contribution in [3.8, 4) is 0 Å². The number of carbonyl (C=O) groups excluding carboxylic acids is 1. The lowest BCUT2D eigenvalue weighted by molar-refractivity contribution is -0.130. The largest absolute Gasteiger partial charge is 0.374 e. The van der Waals surface area contributed by atoms with E-state index in [2.05, 4.69) is 5.32 Å². The predicted octanol–water partition coefficient (Wildman–Crippen LogP) is 0.690. The molecular formula is C11H15NO2. The maximum Gasteiger partial charge on any atom is 0.224 e. The Morgan fingerprint density at radius 2 is 2.43 bits per heavy atom. The summed E-state index contributed by atoms with van der Waals surface area (Å²) < 4.78 is 5.98. The normalized spacial score (nSPS) is 58.7. The lowest BCUT2D eigenvalue weighted by atomic mass is 9.73. The van der Waals surface area contributed by atoms with Crippen molar-refractivity contribution < 1.29 is 9.53 Å². The Labute approximate surface area is 83.2 Å². The van der Waals surface area contributed by atoms with Crippen molar-refractivity contribution in [3.63, 3.8) is 0 Å². The van der Waals surface area contributed by atoms with Crippen LogP contribution in [0.3, 0.4) is 0 Å². The van der Waals surface area contributed by atoms with Gasteiger partial charge < -0.3 is 10.1 Å². The average Bonchev–Trinajstić information content (AvgIpc) is 2.79. The molecule has 0 aromatic carbocycles. The van der Waals surface area contributed by atoms with E-state index in [1.807, 2.05) is 0 Å². The third kappa shape index (κ3) is 0.659. The highest BCUT2D eigenvalue weighted by Gasteiger charge is 2.67. The molecule has 4 rings (SSSR count). The zero-order valence-corrected chi connectivity index (χ0v) is 8.16. The molecule has 2 aliphatic heterocycles. The molecule has 0 aromatic heterocycles. The van der Waals surface area contributed by atoms with Gasteiger partial charge in [-0.05, 0) is 31.6 Å². The molecule has 0 radical (unpaired) electrons. The zero-order valence-electron chi connectivity index (χ0n) is 8.16. The molecule has 2 bridgehead atoms. The van der Waals surface area contributed by atoms with Crippen LogP contribution < -0.4 is 5.32 Å². The summed E-state index contributed by atoms with van der Waals surface area (Å²) in [7, 11) is 0. The molecule has 4 aliphatic rings. The average molecular weight is 193 g/mol. The van der Waals surface area contributed by atoms with Gasteiger partial charge in [-0.3, -0.25) is 4.79 Å². The summed E-state index contributed by atoms with van der Waals surface area (Å²) in [5, 5.41) is 3.16. The minimum absolute atomic E-state index is 0.109. The van der Waals surface area contributed by atoms with Crippen LogP contribution >= 0.6 is 0 Å². The van der Waals surface area contributed by atoms with Gasteiger partial charge in [0.2, 0.25) is 5.91 Å².